The number of rotatable bonds is 4. The normalized spacial score (nSPS) is 10.7. The largest absolute Gasteiger partial charge is 0.508 e. The number of nitrogens with one attached hydrogen (secondary N) is 1. The van der Waals surface area contributed by atoms with Crippen LogP contribution in [0.3, 0.4) is 0 Å². The minimum Gasteiger partial charge on any atom is -0.508 e. The summed E-state index contributed by atoms with van der Waals surface area (Å²) in [5, 5.41) is 26.0. The lowest BCUT2D eigenvalue weighted by Crippen LogP contribution is -2.23. The number of phenols is 2. The molecular formula is C11H11N5O3. The first-order valence-corrected chi connectivity index (χ1v) is 5.31. The van der Waals surface area contributed by atoms with Gasteiger partial charge in [0.05, 0.1) is 6.21 Å². The standard InChI is InChI=1S/C11H11N5O3/c17-9-2-1-8(10(18)3-9)4-13-15-11(19)5-16-7-12-6-14-16/h1-4,6-7,17-18H,5H2,(H,15,19)/b13-4+. The Balaban J connectivity index is 1.91. The van der Waals surface area contributed by atoms with Gasteiger partial charge in [0.25, 0.3) is 5.91 Å². The summed E-state index contributed by atoms with van der Waals surface area (Å²) in [5.74, 6) is -0.556. The minimum atomic E-state index is -0.375. The van der Waals surface area contributed by atoms with E-state index in [0.717, 1.165) is 0 Å². The molecule has 0 fully saturated rings. The average molecular weight is 261 g/mol. The summed E-state index contributed by atoms with van der Waals surface area (Å²) in [4.78, 5) is 15.1. The highest BCUT2D eigenvalue weighted by Gasteiger charge is 2.02. The molecule has 1 aromatic carbocycles. The van der Waals surface area contributed by atoms with Gasteiger partial charge in [-0.05, 0) is 12.1 Å². The summed E-state index contributed by atoms with van der Waals surface area (Å²) < 4.78 is 1.35. The molecule has 98 valence electrons. The Bertz CT molecular complexity index is 594. The molecule has 0 bridgehead atoms. The number of phenolic OH excluding ortho intramolecular Hbond substituents is 2. The molecule has 0 aliphatic heterocycles. The van der Waals surface area contributed by atoms with Crippen LogP contribution < -0.4 is 5.43 Å². The lowest BCUT2D eigenvalue weighted by molar-refractivity contribution is -0.121. The third-order valence-corrected chi connectivity index (χ3v) is 2.18. The van der Waals surface area contributed by atoms with E-state index in [2.05, 4.69) is 20.6 Å². The van der Waals surface area contributed by atoms with Gasteiger partial charge in [-0.25, -0.2) is 15.1 Å². The highest BCUT2D eigenvalue weighted by atomic mass is 16.3. The first-order valence-electron chi connectivity index (χ1n) is 5.31. The van der Waals surface area contributed by atoms with Crippen molar-refractivity contribution in [3.63, 3.8) is 0 Å². The number of nitrogens with zero attached hydrogens (tertiary/aromatic N) is 4. The number of carbonyl (C=O) groups excluding carboxylic acids is 1. The van der Waals surface area contributed by atoms with Gasteiger partial charge in [0, 0.05) is 11.6 Å². The quantitative estimate of drug-likeness (QED) is 0.523. The van der Waals surface area contributed by atoms with Gasteiger partial charge in [-0.15, -0.1) is 0 Å². The molecule has 0 atom stereocenters. The van der Waals surface area contributed by atoms with Crippen molar-refractivity contribution in [2.24, 2.45) is 5.10 Å². The maximum Gasteiger partial charge on any atom is 0.261 e. The van der Waals surface area contributed by atoms with Crippen molar-refractivity contribution in [3.05, 3.63) is 36.4 Å². The molecule has 0 aliphatic carbocycles. The van der Waals surface area contributed by atoms with Crippen molar-refractivity contribution < 1.29 is 15.0 Å². The van der Waals surface area contributed by atoms with Crippen molar-refractivity contribution in [2.75, 3.05) is 0 Å². The second-order valence-corrected chi connectivity index (χ2v) is 3.63. The van der Waals surface area contributed by atoms with Gasteiger partial charge in [0.15, 0.2) is 0 Å². The third kappa shape index (κ3) is 3.53. The Labute approximate surface area is 108 Å². The molecule has 8 heteroatoms. The van der Waals surface area contributed by atoms with Crippen LogP contribution in [0.25, 0.3) is 0 Å². The monoisotopic (exact) mass is 261 g/mol. The second kappa shape index (κ2) is 5.63. The smallest absolute Gasteiger partial charge is 0.261 e. The van der Waals surface area contributed by atoms with Crippen molar-refractivity contribution in [2.45, 2.75) is 6.54 Å². The molecule has 19 heavy (non-hydrogen) atoms. The van der Waals surface area contributed by atoms with Crippen LogP contribution in [0.15, 0.2) is 36.0 Å². The third-order valence-electron chi connectivity index (χ3n) is 2.18. The molecule has 3 N–H and O–H groups in total. The molecule has 0 radical (unpaired) electrons. The summed E-state index contributed by atoms with van der Waals surface area (Å²) in [5.41, 5.74) is 2.65. The Morgan fingerprint density at radius 3 is 3.00 bits per heavy atom. The van der Waals surface area contributed by atoms with Crippen molar-refractivity contribution >= 4 is 12.1 Å². The van der Waals surface area contributed by atoms with E-state index in [9.17, 15) is 9.90 Å². The lowest BCUT2D eigenvalue weighted by atomic mass is 10.2. The summed E-state index contributed by atoms with van der Waals surface area (Å²) in [6, 6.07) is 4.05. The van der Waals surface area contributed by atoms with Crippen LogP contribution in [0, 0.1) is 0 Å². The van der Waals surface area contributed by atoms with E-state index in [1.165, 1.54) is 41.8 Å². The van der Waals surface area contributed by atoms with E-state index >= 15 is 0 Å². The van der Waals surface area contributed by atoms with Gasteiger partial charge in [-0.3, -0.25) is 4.79 Å². The predicted octanol–water partition coefficient (Wildman–Crippen LogP) is -0.160. The maximum absolute atomic E-state index is 11.4. The zero-order chi connectivity index (χ0) is 13.7. The molecule has 8 nitrogen and oxygen atoms in total. The molecule has 0 unspecified atom stereocenters. The Hall–Kier alpha value is -2.90. The molecule has 1 aromatic heterocycles. The number of benzene rings is 1. The fraction of sp³-hybridized carbons (Fsp3) is 0.0909. The van der Waals surface area contributed by atoms with Gasteiger partial charge in [-0.2, -0.15) is 10.2 Å². The fourth-order valence-electron chi connectivity index (χ4n) is 1.31. The number of hydrogen-bond acceptors (Lipinski definition) is 6. The molecule has 0 saturated heterocycles. The molecule has 0 spiro atoms. The molecular weight excluding hydrogens is 250 g/mol. The molecule has 0 saturated carbocycles. The SMILES string of the molecule is O=C(Cn1cncn1)N/N=C/c1ccc(O)cc1O. The van der Waals surface area contributed by atoms with Crippen LogP contribution in [0.4, 0.5) is 0 Å². The average Bonchev–Trinajstić information content (AvgIpc) is 2.84. The molecule has 1 amide bonds. The number of carbonyl (C=O) groups is 1. The zero-order valence-corrected chi connectivity index (χ0v) is 9.76. The van der Waals surface area contributed by atoms with E-state index < -0.39 is 0 Å². The minimum absolute atomic E-state index is 0.00109. The lowest BCUT2D eigenvalue weighted by Gasteiger charge is -2.00. The zero-order valence-electron chi connectivity index (χ0n) is 9.76. The number of amides is 1. The van der Waals surface area contributed by atoms with Crippen LogP contribution >= 0.6 is 0 Å². The van der Waals surface area contributed by atoms with Gasteiger partial charge >= 0.3 is 0 Å². The molecule has 0 aliphatic rings. The van der Waals surface area contributed by atoms with E-state index in [1.54, 1.807) is 0 Å². The van der Waals surface area contributed by atoms with Crippen molar-refractivity contribution in [3.8, 4) is 11.5 Å². The first kappa shape index (κ1) is 12.6. The maximum atomic E-state index is 11.4. The molecule has 2 aromatic rings. The van der Waals surface area contributed by atoms with Gasteiger partial charge < -0.3 is 10.2 Å². The summed E-state index contributed by atoms with van der Waals surface area (Å²) in [6.07, 6.45) is 4.01. The van der Waals surface area contributed by atoms with Crippen LogP contribution in [-0.2, 0) is 11.3 Å². The van der Waals surface area contributed by atoms with Crippen LogP contribution in [0.2, 0.25) is 0 Å². The van der Waals surface area contributed by atoms with Gasteiger partial charge in [-0.1, -0.05) is 0 Å². The molecule has 2 rings (SSSR count). The number of hydrazone groups is 1. The Morgan fingerprint density at radius 2 is 2.32 bits per heavy atom. The highest BCUT2D eigenvalue weighted by Crippen LogP contribution is 2.20. The topological polar surface area (TPSA) is 113 Å². The van der Waals surface area contributed by atoms with E-state index in [4.69, 9.17) is 5.11 Å². The van der Waals surface area contributed by atoms with Gasteiger partial charge in [0.2, 0.25) is 0 Å². The van der Waals surface area contributed by atoms with Crippen molar-refractivity contribution in [1.82, 2.24) is 20.2 Å². The van der Waals surface area contributed by atoms with Gasteiger partial charge in [0.1, 0.15) is 30.7 Å². The second-order valence-electron chi connectivity index (χ2n) is 3.63. The Kier molecular flexibility index (Phi) is 3.72. The number of hydrogen-bond donors (Lipinski definition) is 3. The number of aromatic hydroxyl groups is 2. The number of aromatic nitrogens is 3. The summed E-state index contributed by atoms with van der Waals surface area (Å²) in [7, 11) is 0. The Morgan fingerprint density at radius 1 is 1.47 bits per heavy atom. The van der Waals surface area contributed by atoms with E-state index in [1.807, 2.05) is 0 Å². The van der Waals surface area contributed by atoms with Crippen LogP contribution in [-0.4, -0.2) is 37.1 Å². The van der Waals surface area contributed by atoms with E-state index in [0.29, 0.717) is 5.56 Å². The summed E-state index contributed by atoms with van der Waals surface area (Å²) >= 11 is 0. The highest BCUT2D eigenvalue weighted by molar-refractivity contribution is 5.85. The molecule has 1 heterocycles. The van der Waals surface area contributed by atoms with Crippen LogP contribution in [0.5, 0.6) is 11.5 Å². The fourth-order valence-corrected chi connectivity index (χ4v) is 1.31. The predicted molar refractivity (Wildman–Crippen MR) is 65.5 cm³/mol. The van der Waals surface area contributed by atoms with E-state index in [-0.39, 0.29) is 24.0 Å². The van der Waals surface area contributed by atoms with Crippen LogP contribution in [0.1, 0.15) is 5.56 Å². The summed E-state index contributed by atoms with van der Waals surface area (Å²) in [6.45, 7) is -0.00109. The van der Waals surface area contributed by atoms with Crippen molar-refractivity contribution in [1.29, 1.82) is 0 Å². The first-order chi connectivity index (χ1) is 9.15.